The first-order valence-corrected chi connectivity index (χ1v) is 11.6. The van der Waals surface area contributed by atoms with E-state index >= 15 is 0 Å². The fourth-order valence-electron chi connectivity index (χ4n) is 3.71. The smallest absolute Gasteiger partial charge is 0.337 e. The van der Waals surface area contributed by atoms with Crippen molar-refractivity contribution in [3.8, 4) is 5.75 Å². The molecule has 0 aromatic heterocycles. The summed E-state index contributed by atoms with van der Waals surface area (Å²) in [5, 5.41) is 8.78. The minimum absolute atomic E-state index is 0.0710. The summed E-state index contributed by atoms with van der Waals surface area (Å²) in [7, 11) is 1.33. The third-order valence-electron chi connectivity index (χ3n) is 5.39. The standard InChI is InChI=1S/C26H25NO5S/c1-31-26(30)20-8-5-9-21(16-20)27-24(29)23(14-15-28)33-25(27)19-10-12-22(13-11-19)32-17-18-6-3-2-4-7-18/h2-13,16,23,25,28H,14-15,17H2,1H3. The van der Waals surface area contributed by atoms with Gasteiger partial charge in [-0.05, 0) is 47.9 Å². The van der Waals surface area contributed by atoms with E-state index in [1.54, 1.807) is 29.2 Å². The summed E-state index contributed by atoms with van der Waals surface area (Å²) in [6.07, 6.45) is 0.367. The molecule has 170 valence electrons. The summed E-state index contributed by atoms with van der Waals surface area (Å²) >= 11 is 1.49. The van der Waals surface area contributed by atoms with E-state index in [4.69, 9.17) is 9.47 Å². The van der Waals surface area contributed by atoms with Gasteiger partial charge in [0, 0.05) is 12.3 Å². The normalized spacial score (nSPS) is 17.8. The Morgan fingerprint density at radius 3 is 2.48 bits per heavy atom. The van der Waals surface area contributed by atoms with E-state index in [1.807, 2.05) is 54.6 Å². The maximum atomic E-state index is 13.2. The van der Waals surface area contributed by atoms with Crippen LogP contribution >= 0.6 is 11.8 Å². The lowest BCUT2D eigenvalue weighted by Gasteiger charge is -2.25. The van der Waals surface area contributed by atoms with E-state index in [0.717, 1.165) is 16.9 Å². The average Bonchev–Trinajstić information content (AvgIpc) is 3.19. The van der Waals surface area contributed by atoms with E-state index in [2.05, 4.69) is 0 Å². The van der Waals surface area contributed by atoms with Crippen molar-refractivity contribution >= 4 is 29.3 Å². The van der Waals surface area contributed by atoms with Crippen LogP contribution in [0, 0.1) is 0 Å². The van der Waals surface area contributed by atoms with Crippen molar-refractivity contribution in [1.29, 1.82) is 0 Å². The fraction of sp³-hybridized carbons (Fsp3) is 0.231. The molecule has 1 N–H and O–H groups in total. The molecule has 0 radical (unpaired) electrons. The second-order valence-electron chi connectivity index (χ2n) is 7.58. The van der Waals surface area contributed by atoms with Crippen LogP contribution in [0.15, 0.2) is 78.9 Å². The van der Waals surface area contributed by atoms with Crippen LogP contribution in [-0.4, -0.2) is 35.9 Å². The minimum atomic E-state index is -0.459. The number of aliphatic hydroxyl groups is 1. The van der Waals surface area contributed by atoms with Gasteiger partial charge in [-0.25, -0.2) is 4.79 Å². The number of anilines is 1. The molecule has 1 amide bonds. The number of esters is 1. The minimum Gasteiger partial charge on any atom is -0.489 e. The quantitative estimate of drug-likeness (QED) is 0.493. The third kappa shape index (κ3) is 5.21. The number of nitrogens with zero attached hydrogens (tertiary/aromatic N) is 1. The first-order valence-electron chi connectivity index (χ1n) is 10.6. The van der Waals surface area contributed by atoms with Crippen LogP contribution in [0.3, 0.4) is 0 Å². The number of methoxy groups -OCH3 is 1. The topological polar surface area (TPSA) is 76.1 Å². The SMILES string of the molecule is COC(=O)c1cccc(N2C(=O)C(CCO)SC2c2ccc(OCc3ccccc3)cc2)c1. The molecule has 0 bridgehead atoms. The van der Waals surface area contributed by atoms with Crippen molar-refractivity contribution in [3.63, 3.8) is 0 Å². The molecule has 0 spiro atoms. The first-order chi connectivity index (χ1) is 16.1. The molecule has 4 rings (SSSR count). The highest BCUT2D eigenvalue weighted by Gasteiger charge is 2.41. The van der Waals surface area contributed by atoms with E-state index in [-0.39, 0.29) is 23.1 Å². The predicted molar refractivity (Wildman–Crippen MR) is 128 cm³/mol. The zero-order valence-corrected chi connectivity index (χ0v) is 19.0. The van der Waals surface area contributed by atoms with Gasteiger partial charge in [0.2, 0.25) is 5.91 Å². The van der Waals surface area contributed by atoms with Crippen LogP contribution in [0.5, 0.6) is 5.75 Å². The van der Waals surface area contributed by atoms with Gasteiger partial charge in [-0.15, -0.1) is 11.8 Å². The number of hydrogen-bond acceptors (Lipinski definition) is 6. The summed E-state index contributed by atoms with van der Waals surface area (Å²) in [6.45, 7) is 0.403. The van der Waals surface area contributed by atoms with Crippen LogP contribution in [0.4, 0.5) is 5.69 Å². The molecule has 7 heteroatoms. The number of thioether (sulfide) groups is 1. The van der Waals surface area contributed by atoms with Gasteiger partial charge >= 0.3 is 5.97 Å². The van der Waals surface area contributed by atoms with Crippen LogP contribution in [0.25, 0.3) is 0 Å². The molecule has 3 aromatic carbocycles. The molecule has 1 heterocycles. The number of carbonyl (C=O) groups is 2. The molecule has 2 unspecified atom stereocenters. The molecule has 2 atom stereocenters. The van der Waals surface area contributed by atoms with Crippen molar-refractivity contribution in [2.75, 3.05) is 18.6 Å². The number of benzene rings is 3. The molecule has 1 fully saturated rings. The summed E-state index contributed by atoms with van der Waals surface area (Å²) in [5.41, 5.74) is 3.01. The molecule has 33 heavy (non-hydrogen) atoms. The van der Waals surface area contributed by atoms with E-state index < -0.39 is 5.97 Å². The number of carbonyl (C=O) groups excluding carboxylic acids is 2. The highest BCUT2D eigenvalue weighted by Crippen LogP contribution is 2.47. The van der Waals surface area contributed by atoms with Crippen LogP contribution in [-0.2, 0) is 16.1 Å². The maximum absolute atomic E-state index is 13.2. The Morgan fingerprint density at radius 1 is 1.03 bits per heavy atom. The number of aliphatic hydroxyl groups excluding tert-OH is 1. The summed E-state index contributed by atoms with van der Waals surface area (Å²) < 4.78 is 10.7. The second kappa shape index (κ2) is 10.6. The van der Waals surface area contributed by atoms with Gasteiger partial charge in [-0.2, -0.15) is 0 Å². The highest BCUT2D eigenvalue weighted by molar-refractivity contribution is 8.01. The lowest BCUT2D eigenvalue weighted by Crippen LogP contribution is -2.31. The Labute approximate surface area is 197 Å². The maximum Gasteiger partial charge on any atom is 0.337 e. The lowest BCUT2D eigenvalue weighted by molar-refractivity contribution is -0.118. The molecular formula is C26H25NO5S. The third-order valence-corrected chi connectivity index (χ3v) is 6.90. The highest BCUT2D eigenvalue weighted by atomic mass is 32.2. The van der Waals surface area contributed by atoms with E-state index in [9.17, 15) is 14.7 Å². The zero-order chi connectivity index (χ0) is 23.2. The largest absolute Gasteiger partial charge is 0.489 e. The number of ether oxygens (including phenoxy) is 2. The van der Waals surface area contributed by atoms with Crippen molar-refractivity contribution in [2.24, 2.45) is 0 Å². The molecule has 6 nitrogen and oxygen atoms in total. The van der Waals surface area contributed by atoms with Gasteiger partial charge in [0.25, 0.3) is 0 Å². The van der Waals surface area contributed by atoms with Crippen molar-refractivity contribution in [3.05, 3.63) is 95.6 Å². The Morgan fingerprint density at radius 2 is 1.79 bits per heavy atom. The summed E-state index contributed by atoms with van der Waals surface area (Å²) in [6, 6.07) is 24.5. The van der Waals surface area contributed by atoms with Gasteiger partial charge in [0.05, 0.1) is 17.9 Å². The van der Waals surface area contributed by atoms with Crippen LogP contribution < -0.4 is 9.64 Å². The molecule has 0 aliphatic carbocycles. The second-order valence-corrected chi connectivity index (χ2v) is 8.87. The fourth-order valence-corrected chi connectivity index (χ4v) is 5.16. The van der Waals surface area contributed by atoms with Gasteiger partial charge in [-0.1, -0.05) is 48.5 Å². The average molecular weight is 464 g/mol. The van der Waals surface area contributed by atoms with Crippen LogP contribution in [0.2, 0.25) is 0 Å². The number of amides is 1. The monoisotopic (exact) mass is 463 g/mol. The molecule has 3 aromatic rings. The van der Waals surface area contributed by atoms with Gasteiger partial charge in [0.15, 0.2) is 0 Å². The Kier molecular flexibility index (Phi) is 7.32. The molecule has 1 saturated heterocycles. The first kappa shape index (κ1) is 22.9. The van der Waals surface area contributed by atoms with Crippen molar-refractivity contribution in [2.45, 2.75) is 23.7 Å². The Bertz CT molecular complexity index is 1100. The molecule has 0 saturated carbocycles. The van der Waals surface area contributed by atoms with E-state index in [1.165, 1.54) is 18.9 Å². The molecule has 1 aliphatic heterocycles. The van der Waals surface area contributed by atoms with Crippen molar-refractivity contribution < 1.29 is 24.2 Å². The number of hydrogen-bond donors (Lipinski definition) is 1. The van der Waals surface area contributed by atoms with Crippen LogP contribution in [0.1, 0.15) is 33.3 Å². The Balaban J connectivity index is 1.57. The Hall–Kier alpha value is -3.29. The van der Waals surface area contributed by atoms with Crippen molar-refractivity contribution in [1.82, 2.24) is 0 Å². The predicted octanol–water partition coefficient (Wildman–Crippen LogP) is 4.58. The van der Waals surface area contributed by atoms with Gasteiger partial charge in [-0.3, -0.25) is 9.69 Å². The lowest BCUT2D eigenvalue weighted by atomic mass is 10.1. The van der Waals surface area contributed by atoms with E-state index in [0.29, 0.717) is 24.3 Å². The number of rotatable bonds is 8. The molecular weight excluding hydrogens is 438 g/mol. The zero-order valence-electron chi connectivity index (χ0n) is 18.2. The van der Waals surface area contributed by atoms with Gasteiger partial charge in [0.1, 0.15) is 17.7 Å². The summed E-state index contributed by atoms with van der Waals surface area (Å²) in [5.74, 6) is 0.188. The summed E-state index contributed by atoms with van der Waals surface area (Å²) in [4.78, 5) is 26.9. The molecule has 1 aliphatic rings. The van der Waals surface area contributed by atoms with Gasteiger partial charge < -0.3 is 14.6 Å².